The van der Waals surface area contributed by atoms with Gasteiger partial charge in [-0.1, -0.05) is 134 Å². The molecule has 522 valence electrons. The summed E-state index contributed by atoms with van der Waals surface area (Å²) in [7, 11) is 11.2. The summed E-state index contributed by atoms with van der Waals surface area (Å²) in [6.45, 7) is 39.4. The van der Waals surface area contributed by atoms with Crippen LogP contribution in [0.25, 0.3) is 0 Å². The predicted octanol–water partition coefficient (Wildman–Crippen LogP) is 21.7. The van der Waals surface area contributed by atoms with E-state index in [1.807, 2.05) is 149 Å². The highest BCUT2D eigenvalue weighted by molar-refractivity contribution is 5.15. The van der Waals surface area contributed by atoms with E-state index in [9.17, 15) is 0 Å². The summed E-state index contributed by atoms with van der Waals surface area (Å²) in [6.07, 6.45) is 42.6. The third-order valence-electron chi connectivity index (χ3n) is 19.9. The Kier molecular flexibility index (Phi) is 49.1. The number of hydrogen-bond donors (Lipinski definition) is 0. The number of aromatic nitrogens is 5. The largest absolute Gasteiger partial charge is 0.299 e. The summed E-state index contributed by atoms with van der Waals surface area (Å²) >= 11 is 0. The lowest BCUT2D eigenvalue weighted by Gasteiger charge is -2.37. The zero-order valence-electron chi connectivity index (χ0n) is 63.7. The van der Waals surface area contributed by atoms with Crippen molar-refractivity contribution in [3.05, 3.63) is 150 Å². The molecule has 2 unspecified atom stereocenters. The van der Waals surface area contributed by atoms with Crippen LogP contribution in [-0.2, 0) is 19.6 Å². The van der Waals surface area contributed by atoms with Crippen LogP contribution in [0.3, 0.4) is 0 Å². The topological polar surface area (TPSA) is 80.7 Å². The average Bonchev–Trinajstić information content (AvgIpc) is 1.73. The van der Waals surface area contributed by atoms with Crippen LogP contribution in [0.4, 0.5) is 0 Å². The van der Waals surface area contributed by atoms with Gasteiger partial charge in [-0.2, -0.15) is 0 Å². The molecule has 5 aliphatic carbocycles. The van der Waals surface area contributed by atoms with Crippen molar-refractivity contribution in [2.45, 2.75) is 308 Å². The van der Waals surface area contributed by atoms with Gasteiger partial charge in [0.05, 0.1) is 11.4 Å². The smallest absolute Gasteiger partial charge is 0.0543 e. The first-order chi connectivity index (χ1) is 44.6. The summed E-state index contributed by atoms with van der Waals surface area (Å²) < 4.78 is 0. The van der Waals surface area contributed by atoms with E-state index in [-0.39, 0.29) is 0 Å². The van der Waals surface area contributed by atoms with Gasteiger partial charge in [-0.3, -0.25) is 49.4 Å². The van der Waals surface area contributed by atoms with Crippen LogP contribution in [0.2, 0.25) is 0 Å². The SMILES string of the molecule is CC.CC.CC.CC.CC.CC1CCC(N(C)C(C)c2cccnc2)CC1.CC1CCC(N(C)C(C)c2cccnc2)CC1.CC1CCC(N(C)Cc2ccccn2)CC1.CC1CCC(N(C)Cc2ccccn2)CC1.CC1CCC(N(C)Cc2cccnc2)CC1. The van der Waals surface area contributed by atoms with Crippen LogP contribution in [0.15, 0.2) is 122 Å². The van der Waals surface area contributed by atoms with Crippen molar-refractivity contribution in [1.82, 2.24) is 49.4 Å². The highest BCUT2D eigenvalue weighted by Gasteiger charge is 2.28. The standard InChI is InChI=1S/2C15H24N2.3C14H22N2.5C2H6/c2*1-12-6-8-15(9-7-12)17(3)13(2)14-5-4-10-16-11-14;1-12-5-7-14(8-6-12)16(2)11-13-4-3-9-15-10-13;2*1-12-6-8-14(9-7-12)16(2)11-13-5-3-4-10-15-13;5*1-2/h2*4-5,10-13,15H,6-9H2,1-3H3;3-4,9-10,12,14H,5-8,11H2,1-2H3;2*3-5,10,12,14H,6-9,11H2,1-2H3;5*1-2H3. The van der Waals surface area contributed by atoms with E-state index in [2.05, 4.69) is 176 Å². The minimum Gasteiger partial charge on any atom is -0.299 e. The fourth-order valence-electron chi connectivity index (χ4n) is 13.4. The van der Waals surface area contributed by atoms with Gasteiger partial charge in [-0.05, 0) is 266 Å². The summed E-state index contributed by atoms with van der Waals surface area (Å²) in [5.74, 6) is 4.64. The molecule has 5 fully saturated rings. The molecule has 0 aromatic carbocycles. The minimum absolute atomic E-state index is 0.474. The maximum atomic E-state index is 4.39. The van der Waals surface area contributed by atoms with E-state index in [4.69, 9.17) is 0 Å². The van der Waals surface area contributed by atoms with Crippen molar-refractivity contribution in [3.63, 3.8) is 0 Å². The van der Waals surface area contributed by atoms with Crippen molar-refractivity contribution in [2.75, 3.05) is 35.2 Å². The molecule has 92 heavy (non-hydrogen) atoms. The van der Waals surface area contributed by atoms with Gasteiger partial charge >= 0.3 is 0 Å². The van der Waals surface area contributed by atoms with E-state index >= 15 is 0 Å². The summed E-state index contributed by atoms with van der Waals surface area (Å²) in [6, 6.07) is 29.7. The van der Waals surface area contributed by atoms with Gasteiger partial charge in [0.25, 0.3) is 0 Å². The van der Waals surface area contributed by atoms with Gasteiger partial charge in [0.15, 0.2) is 0 Å². The van der Waals surface area contributed by atoms with Gasteiger partial charge in [0.2, 0.25) is 0 Å². The molecule has 5 saturated carbocycles. The first kappa shape index (κ1) is 85.6. The molecule has 5 aromatic rings. The van der Waals surface area contributed by atoms with E-state index in [1.54, 1.807) is 0 Å². The summed E-state index contributed by atoms with van der Waals surface area (Å²) in [4.78, 5) is 33.9. The highest BCUT2D eigenvalue weighted by atomic mass is 15.2. The third kappa shape index (κ3) is 34.3. The lowest BCUT2D eigenvalue weighted by Crippen LogP contribution is -2.36. The Morgan fingerprint density at radius 2 is 0.587 bits per heavy atom. The van der Waals surface area contributed by atoms with Crippen molar-refractivity contribution >= 4 is 0 Å². The summed E-state index contributed by atoms with van der Waals surface area (Å²) in [5.41, 5.74) is 6.35. The number of rotatable bonds is 15. The first-order valence-corrected chi connectivity index (χ1v) is 37.7. The highest BCUT2D eigenvalue weighted by Crippen LogP contribution is 2.34. The normalized spacial score (nSPS) is 23.9. The Morgan fingerprint density at radius 3 is 0.837 bits per heavy atom. The lowest BCUT2D eigenvalue weighted by atomic mass is 9.86. The molecule has 0 radical (unpaired) electrons. The van der Waals surface area contributed by atoms with E-state index in [1.165, 1.54) is 156 Å². The van der Waals surface area contributed by atoms with E-state index in [0.717, 1.165) is 79.4 Å². The molecule has 0 aliphatic heterocycles. The zero-order chi connectivity index (χ0) is 68.6. The van der Waals surface area contributed by atoms with Crippen LogP contribution in [0.1, 0.15) is 286 Å². The Morgan fingerprint density at radius 1 is 0.315 bits per heavy atom. The Balaban J connectivity index is 0.000000555. The van der Waals surface area contributed by atoms with Crippen LogP contribution in [0.5, 0.6) is 0 Å². The molecule has 10 rings (SSSR count). The molecular weight excluding hydrogens is 1120 g/mol. The molecular formula is C82H144N10. The predicted molar refractivity (Wildman–Crippen MR) is 402 cm³/mol. The van der Waals surface area contributed by atoms with Crippen LogP contribution >= 0.6 is 0 Å². The monoisotopic (exact) mass is 1270 g/mol. The van der Waals surface area contributed by atoms with Crippen molar-refractivity contribution < 1.29 is 0 Å². The number of hydrogen-bond acceptors (Lipinski definition) is 10. The van der Waals surface area contributed by atoms with Gasteiger partial charge < -0.3 is 0 Å². The van der Waals surface area contributed by atoms with Gasteiger partial charge in [-0.15, -0.1) is 0 Å². The second kappa shape index (κ2) is 52.8. The molecule has 5 aliphatic rings. The quantitative estimate of drug-likeness (QED) is 0.101. The number of nitrogens with zero attached hydrogens (tertiary/aromatic N) is 10. The van der Waals surface area contributed by atoms with Gasteiger partial charge in [-0.25, -0.2) is 0 Å². The molecule has 5 aromatic heterocycles. The molecule has 0 bridgehead atoms. The van der Waals surface area contributed by atoms with E-state index in [0.29, 0.717) is 12.1 Å². The number of pyridine rings is 5. The molecule has 10 heteroatoms. The zero-order valence-corrected chi connectivity index (χ0v) is 63.7. The molecule has 0 saturated heterocycles. The van der Waals surface area contributed by atoms with Gasteiger partial charge in [0.1, 0.15) is 0 Å². The first-order valence-electron chi connectivity index (χ1n) is 37.7. The minimum atomic E-state index is 0.474. The second-order valence-electron chi connectivity index (χ2n) is 26.6. The van der Waals surface area contributed by atoms with Crippen LogP contribution < -0.4 is 0 Å². The Labute approximate surface area is 569 Å². The second-order valence-corrected chi connectivity index (χ2v) is 26.6. The lowest BCUT2D eigenvalue weighted by molar-refractivity contribution is 0.131. The van der Waals surface area contributed by atoms with Crippen molar-refractivity contribution in [1.29, 1.82) is 0 Å². The Bertz CT molecular complexity index is 2120. The molecule has 0 N–H and O–H groups in total. The molecule has 2 atom stereocenters. The van der Waals surface area contributed by atoms with Crippen molar-refractivity contribution in [2.24, 2.45) is 29.6 Å². The molecule has 5 heterocycles. The summed E-state index contributed by atoms with van der Waals surface area (Å²) in [5, 5.41) is 0. The average molecular weight is 1270 g/mol. The molecule has 10 nitrogen and oxygen atoms in total. The molecule has 0 amide bonds. The Hall–Kier alpha value is -4.45. The fourth-order valence-corrected chi connectivity index (χ4v) is 13.4. The molecule has 0 spiro atoms. The maximum absolute atomic E-state index is 4.39. The van der Waals surface area contributed by atoms with Gasteiger partial charge in [0, 0.05) is 112 Å². The van der Waals surface area contributed by atoms with Crippen molar-refractivity contribution in [3.8, 4) is 0 Å². The third-order valence-corrected chi connectivity index (χ3v) is 19.9. The van der Waals surface area contributed by atoms with Crippen LogP contribution in [-0.4, -0.2) is 115 Å². The van der Waals surface area contributed by atoms with Crippen LogP contribution in [0, 0.1) is 29.6 Å². The fraction of sp³-hybridized carbons (Fsp3) is 0.695. The van der Waals surface area contributed by atoms with E-state index < -0.39 is 0 Å². The maximum Gasteiger partial charge on any atom is 0.0543 e.